The number of rotatable bonds is 4. The first-order valence-electron chi connectivity index (χ1n) is 7.17. The summed E-state index contributed by atoms with van der Waals surface area (Å²) in [7, 11) is -1.44. The van der Waals surface area contributed by atoms with Gasteiger partial charge >= 0.3 is 0 Å². The van der Waals surface area contributed by atoms with Gasteiger partial charge in [0.05, 0.1) is 4.90 Å². The van der Waals surface area contributed by atoms with E-state index in [-0.39, 0.29) is 12.4 Å². The van der Waals surface area contributed by atoms with Crippen LogP contribution in [0.2, 0.25) is 0 Å². The minimum absolute atomic E-state index is 0. The molecule has 120 valence electrons. The summed E-state index contributed by atoms with van der Waals surface area (Å²) in [6.07, 6.45) is 2.04. The number of hydrogen-bond acceptors (Lipinski definition) is 3. The van der Waals surface area contributed by atoms with E-state index in [4.69, 9.17) is 0 Å². The van der Waals surface area contributed by atoms with E-state index in [0.717, 1.165) is 30.5 Å². The minimum Gasteiger partial charge on any atom is -0.319 e. The Balaban J connectivity index is 0.00000220. The fourth-order valence-electron chi connectivity index (χ4n) is 2.93. The lowest BCUT2D eigenvalue weighted by Crippen LogP contribution is -2.42. The minimum atomic E-state index is -3.36. The Morgan fingerprint density at radius 2 is 2.05 bits per heavy atom. The molecule has 21 heavy (non-hydrogen) atoms. The lowest BCUT2D eigenvalue weighted by atomic mass is 10.00. The standard InChI is InChI=1S/C15H24N2O2S.ClH/c1-12-6-7-15(13(2)9-12)20(18,19)17-8-4-5-14(11-17)10-16-3;/h6-7,9,14,16H,4-5,8,10-11H2,1-3H3;1H. The third-order valence-corrected chi connectivity index (χ3v) is 5.95. The number of aryl methyl sites for hydroxylation is 2. The molecule has 0 aliphatic carbocycles. The van der Waals surface area contributed by atoms with E-state index in [1.165, 1.54) is 0 Å². The maximum absolute atomic E-state index is 12.8. The Kier molecular flexibility index (Phi) is 6.66. The molecule has 0 saturated carbocycles. The van der Waals surface area contributed by atoms with Crippen LogP contribution in [0.5, 0.6) is 0 Å². The summed E-state index contributed by atoms with van der Waals surface area (Å²) in [4.78, 5) is 0.452. The predicted octanol–water partition coefficient (Wildman–Crippen LogP) is 2.35. The fraction of sp³-hybridized carbons (Fsp3) is 0.600. The quantitative estimate of drug-likeness (QED) is 0.920. The van der Waals surface area contributed by atoms with E-state index in [1.54, 1.807) is 10.4 Å². The zero-order chi connectivity index (χ0) is 14.8. The van der Waals surface area contributed by atoms with Gasteiger partial charge in [0, 0.05) is 13.1 Å². The third-order valence-electron chi connectivity index (χ3n) is 3.92. The molecule has 1 aliphatic heterocycles. The number of halogens is 1. The number of nitrogens with one attached hydrogen (secondary N) is 1. The Morgan fingerprint density at radius 3 is 2.67 bits per heavy atom. The van der Waals surface area contributed by atoms with Crippen LogP contribution in [-0.4, -0.2) is 39.4 Å². The van der Waals surface area contributed by atoms with Crippen molar-refractivity contribution in [2.24, 2.45) is 5.92 Å². The molecule has 0 amide bonds. The molecular weight excluding hydrogens is 308 g/mol. The van der Waals surface area contributed by atoms with Gasteiger partial charge in [-0.1, -0.05) is 17.7 Å². The lowest BCUT2D eigenvalue weighted by Gasteiger charge is -2.32. The van der Waals surface area contributed by atoms with Crippen molar-refractivity contribution in [3.05, 3.63) is 29.3 Å². The molecule has 1 unspecified atom stereocenters. The van der Waals surface area contributed by atoms with Crippen LogP contribution in [0.3, 0.4) is 0 Å². The maximum Gasteiger partial charge on any atom is 0.243 e. The van der Waals surface area contributed by atoms with Crippen LogP contribution in [0.15, 0.2) is 23.1 Å². The summed E-state index contributed by atoms with van der Waals surface area (Å²) in [5.41, 5.74) is 1.92. The number of nitrogens with zero attached hydrogens (tertiary/aromatic N) is 1. The maximum atomic E-state index is 12.8. The van der Waals surface area contributed by atoms with Crippen molar-refractivity contribution < 1.29 is 8.42 Å². The molecule has 2 rings (SSSR count). The Hall–Kier alpha value is -0.620. The average molecular weight is 333 g/mol. The average Bonchev–Trinajstić information content (AvgIpc) is 2.39. The first-order valence-corrected chi connectivity index (χ1v) is 8.61. The van der Waals surface area contributed by atoms with Crippen molar-refractivity contribution in [1.29, 1.82) is 0 Å². The van der Waals surface area contributed by atoms with E-state index in [2.05, 4.69) is 5.32 Å². The zero-order valence-electron chi connectivity index (χ0n) is 12.9. The van der Waals surface area contributed by atoms with Crippen molar-refractivity contribution in [3.63, 3.8) is 0 Å². The van der Waals surface area contributed by atoms with Crippen LogP contribution in [0.25, 0.3) is 0 Å². The fourth-order valence-corrected chi connectivity index (χ4v) is 4.69. The van der Waals surface area contributed by atoms with E-state index >= 15 is 0 Å². The molecule has 0 radical (unpaired) electrons. The van der Waals surface area contributed by atoms with Crippen molar-refractivity contribution in [2.45, 2.75) is 31.6 Å². The molecule has 1 N–H and O–H groups in total. The van der Waals surface area contributed by atoms with Crippen LogP contribution < -0.4 is 5.32 Å². The summed E-state index contributed by atoms with van der Waals surface area (Å²) in [6.45, 7) is 5.98. The highest BCUT2D eigenvalue weighted by atomic mass is 35.5. The van der Waals surface area contributed by atoms with Gasteiger partial charge < -0.3 is 5.32 Å². The summed E-state index contributed by atoms with van der Waals surface area (Å²) in [6, 6.07) is 5.54. The Bertz CT molecular complexity index is 573. The highest BCUT2D eigenvalue weighted by molar-refractivity contribution is 7.89. The number of sulfonamides is 1. The van der Waals surface area contributed by atoms with Gasteiger partial charge in [-0.05, 0) is 57.8 Å². The van der Waals surface area contributed by atoms with E-state index < -0.39 is 10.0 Å². The van der Waals surface area contributed by atoms with Crippen molar-refractivity contribution in [3.8, 4) is 0 Å². The highest BCUT2D eigenvalue weighted by Crippen LogP contribution is 2.25. The SMILES string of the molecule is CNCC1CCCN(S(=O)(=O)c2ccc(C)cc2C)C1.Cl. The largest absolute Gasteiger partial charge is 0.319 e. The molecule has 0 aromatic heterocycles. The molecule has 1 heterocycles. The molecule has 0 bridgehead atoms. The van der Waals surface area contributed by atoms with Crippen LogP contribution in [-0.2, 0) is 10.0 Å². The second kappa shape index (κ2) is 7.58. The molecular formula is C15H25ClN2O2S. The van der Waals surface area contributed by atoms with E-state index in [9.17, 15) is 8.42 Å². The lowest BCUT2D eigenvalue weighted by molar-refractivity contribution is 0.263. The number of benzene rings is 1. The first-order chi connectivity index (χ1) is 9.45. The van der Waals surface area contributed by atoms with Gasteiger partial charge in [0.15, 0.2) is 0 Å². The third kappa shape index (κ3) is 4.19. The monoisotopic (exact) mass is 332 g/mol. The molecule has 1 atom stereocenters. The highest BCUT2D eigenvalue weighted by Gasteiger charge is 2.30. The van der Waals surface area contributed by atoms with Crippen molar-refractivity contribution in [2.75, 3.05) is 26.7 Å². The van der Waals surface area contributed by atoms with Crippen LogP contribution in [0.1, 0.15) is 24.0 Å². The van der Waals surface area contributed by atoms with Gasteiger partial charge in [0.2, 0.25) is 10.0 Å². The van der Waals surface area contributed by atoms with Crippen molar-refractivity contribution >= 4 is 22.4 Å². The van der Waals surface area contributed by atoms with Gasteiger partial charge in [0.25, 0.3) is 0 Å². The molecule has 1 aromatic carbocycles. The molecule has 1 saturated heterocycles. The van der Waals surface area contributed by atoms with E-state index in [0.29, 0.717) is 23.9 Å². The predicted molar refractivity (Wildman–Crippen MR) is 88.6 cm³/mol. The summed E-state index contributed by atoms with van der Waals surface area (Å²) in [5, 5.41) is 3.15. The van der Waals surface area contributed by atoms with Crippen LogP contribution in [0, 0.1) is 19.8 Å². The second-order valence-electron chi connectivity index (χ2n) is 5.70. The first kappa shape index (κ1) is 18.4. The summed E-state index contributed by atoms with van der Waals surface area (Å²) in [5.74, 6) is 0.411. The smallest absolute Gasteiger partial charge is 0.243 e. The normalized spacial score (nSPS) is 20.0. The number of hydrogen-bond donors (Lipinski definition) is 1. The molecule has 1 aromatic rings. The molecule has 1 aliphatic rings. The van der Waals surface area contributed by atoms with Crippen LogP contribution in [0.4, 0.5) is 0 Å². The summed E-state index contributed by atoms with van der Waals surface area (Å²) >= 11 is 0. The van der Waals surface area contributed by atoms with Crippen molar-refractivity contribution in [1.82, 2.24) is 9.62 Å². The second-order valence-corrected chi connectivity index (χ2v) is 7.60. The zero-order valence-corrected chi connectivity index (χ0v) is 14.6. The van der Waals surface area contributed by atoms with Gasteiger partial charge in [-0.3, -0.25) is 0 Å². The molecule has 1 fully saturated rings. The van der Waals surface area contributed by atoms with Gasteiger partial charge in [-0.25, -0.2) is 8.42 Å². The topological polar surface area (TPSA) is 49.4 Å². The van der Waals surface area contributed by atoms with Crippen LogP contribution >= 0.6 is 12.4 Å². The van der Waals surface area contributed by atoms with E-state index in [1.807, 2.05) is 33.0 Å². The van der Waals surface area contributed by atoms with Gasteiger partial charge in [-0.15, -0.1) is 12.4 Å². The molecule has 6 heteroatoms. The van der Waals surface area contributed by atoms with Gasteiger partial charge in [0.1, 0.15) is 0 Å². The van der Waals surface area contributed by atoms with Gasteiger partial charge in [-0.2, -0.15) is 4.31 Å². The number of piperidine rings is 1. The molecule has 4 nitrogen and oxygen atoms in total. The molecule has 0 spiro atoms. The Labute approximate surface area is 134 Å². The summed E-state index contributed by atoms with van der Waals surface area (Å²) < 4.78 is 27.2. The Morgan fingerprint density at radius 1 is 1.33 bits per heavy atom.